The van der Waals surface area contributed by atoms with Gasteiger partial charge in [-0.15, -0.1) is 0 Å². The molecule has 2 aliphatic rings. The van der Waals surface area contributed by atoms with Crippen LogP contribution in [0.1, 0.15) is 42.9 Å². The van der Waals surface area contributed by atoms with E-state index in [0.717, 1.165) is 42.2 Å². The van der Waals surface area contributed by atoms with Crippen LogP contribution in [0.4, 0.5) is 4.79 Å². The molecule has 0 unspecified atom stereocenters. The van der Waals surface area contributed by atoms with E-state index in [1.165, 1.54) is 4.90 Å². The summed E-state index contributed by atoms with van der Waals surface area (Å²) in [4.78, 5) is 45.6. The number of amides is 3. The maximum atomic E-state index is 13.0. The van der Waals surface area contributed by atoms with Gasteiger partial charge in [0.25, 0.3) is 11.1 Å². The van der Waals surface area contributed by atoms with Crippen LogP contribution < -0.4 is 0 Å². The summed E-state index contributed by atoms with van der Waals surface area (Å²) in [7, 11) is 0. The Morgan fingerprint density at radius 3 is 2.73 bits per heavy atom. The summed E-state index contributed by atoms with van der Waals surface area (Å²) in [6.07, 6.45) is 8.31. The summed E-state index contributed by atoms with van der Waals surface area (Å²) in [5, 5.41) is -0.322. The van der Waals surface area contributed by atoms with E-state index in [2.05, 4.69) is 4.98 Å². The van der Waals surface area contributed by atoms with Gasteiger partial charge in [0.2, 0.25) is 5.91 Å². The van der Waals surface area contributed by atoms with Gasteiger partial charge in [0.15, 0.2) is 0 Å². The zero-order chi connectivity index (χ0) is 20.9. The molecule has 0 N–H and O–H groups in total. The number of benzene rings is 1. The van der Waals surface area contributed by atoms with Crippen molar-refractivity contribution in [1.29, 1.82) is 0 Å². The van der Waals surface area contributed by atoms with Crippen molar-refractivity contribution in [1.82, 2.24) is 14.8 Å². The Balaban J connectivity index is 1.41. The molecule has 3 amide bonds. The Hall–Kier alpha value is -2.93. The van der Waals surface area contributed by atoms with E-state index in [-0.39, 0.29) is 36.1 Å². The molecule has 2 fully saturated rings. The number of thioether (sulfide) groups is 1. The molecular formula is C23H23N3O3S. The third-order valence-electron chi connectivity index (χ3n) is 5.41. The first-order chi connectivity index (χ1) is 14.6. The van der Waals surface area contributed by atoms with Gasteiger partial charge in [-0.05, 0) is 54.3 Å². The number of carbonyl (C=O) groups excluding carboxylic acids is 3. The van der Waals surface area contributed by atoms with Gasteiger partial charge in [-0.1, -0.05) is 36.4 Å². The molecule has 3 heterocycles. The molecule has 0 saturated carbocycles. The number of imide groups is 1. The quantitative estimate of drug-likeness (QED) is 0.675. The van der Waals surface area contributed by atoms with E-state index in [4.69, 9.17) is 0 Å². The molecule has 2 aliphatic heterocycles. The van der Waals surface area contributed by atoms with E-state index < -0.39 is 0 Å². The lowest BCUT2D eigenvalue weighted by atomic mass is 9.96. The van der Waals surface area contributed by atoms with Crippen LogP contribution >= 0.6 is 11.8 Å². The van der Waals surface area contributed by atoms with Crippen LogP contribution in [0.2, 0.25) is 0 Å². The molecule has 6 nitrogen and oxygen atoms in total. The molecule has 0 bridgehead atoms. The third-order valence-corrected chi connectivity index (χ3v) is 6.32. The monoisotopic (exact) mass is 421 g/mol. The van der Waals surface area contributed by atoms with E-state index in [9.17, 15) is 14.4 Å². The Kier molecular flexibility index (Phi) is 6.28. The minimum Gasteiger partial charge on any atom is -0.336 e. The molecule has 1 aromatic carbocycles. The average molecular weight is 422 g/mol. The zero-order valence-electron chi connectivity index (χ0n) is 16.6. The summed E-state index contributed by atoms with van der Waals surface area (Å²) in [5.41, 5.74) is 1.90. The van der Waals surface area contributed by atoms with Crippen LogP contribution in [0.25, 0.3) is 6.08 Å². The normalized spacial score (nSPS) is 20.8. The van der Waals surface area contributed by atoms with E-state index in [1.54, 1.807) is 18.5 Å². The summed E-state index contributed by atoms with van der Waals surface area (Å²) >= 11 is 0.927. The van der Waals surface area contributed by atoms with Crippen LogP contribution in [0.5, 0.6) is 0 Å². The number of hydrogen-bond acceptors (Lipinski definition) is 5. The summed E-state index contributed by atoms with van der Waals surface area (Å²) in [6, 6.07) is 13.3. The molecule has 0 radical (unpaired) electrons. The van der Waals surface area contributed by atoms with Crippen LogP contribution in [0.15, 0.2) is 59.8 Å². The first kappa shape index (κ1) is 20.3. The first-order valence-electron chi connectivity index (χ1n) is 10.1. The fourth-order valence-corrected chi connectivity index (χ4v) is 4.76. The van der Waals surface area contributed by atoms with Gasteiger partial charge in [-0.2, -0.15) is 0 Å². The van der Waals surface area contributed by atoms with Crippen molar-refractivity contribution in [3.05, 3.63) is 70.9 Å². The highest BCUT2D eigenvalue weighted by Crippen LogP contribution is 2.33. The standard InChI is InChI=1S/C23H23N3O3S/c27-21(25-13-5-4-10-19(25)18-9-6-12-24-16-18)11-14-26-22(28)20(30-23(26)29)15-17-7-2-1-3-8-17/h1-3,6-9,12,15-16,19H,4-5,10-11,13-14H2/b20-15-/t19-/m0/s1. The molecule has 0 spiro atoms. The second-order valence-corrected chi connectivity index (χ2v) is 8.37. The van der Waals surface area contributed by atoms with Gasteiger partial charge in [-0.25, -0.2) is 0 Å². The lowest BCUT2D eigenvalue weighted by Gasteiger charge is -2.36. The predicted octanol–water partition coefficient (Wildman–Crippen LogP) is 4.26. The average Bonchev–Trinajstić information content (AvgIpc) is 3.05. The van der Waals surface area contributed by atoms with Crippen LogP contribution in [0.3, 0.4) is 0 Å². The Morgan fingerprint density at radius 2 is 1.97 bits per heavy atom. The third kappa shape index (κ3) is 4.46. The van der Waals surface area contributed by atoms with E-state index in [1.807, 2.05) is 47.4 Å². The van der Waals surface area contributed by atoms with Gasteiger partial charge in [0.05, 0.1) is 10.9 Å². The number of pyridine rings is 1. The zero-order valence-corrected chi connectivity index (χ0v) is 17.4. The number of carbonyl (C=O) groups is 3. The largest absolute Gasteiger partial charge is 0.336 e. The van der Waals surface area contributed by atoms with Crippen LogP contribution in [-0.4, -0.2) is 44.9 Å². The number of piperidine rings is 1. The molecule has 1 atom stereocenters. The fraction of sp³-hybridized carbons (Fsp3) is 0.304. The highest BCUT2D eigenvalue weighted by molar-refractivity contribution is 8.18. The van der Waals surface area contributed by atoms with Crippen LogP contribution in [0, 0.1) is 0 Å². The first-order valence-corrected chi connectivity index (χ1v) is 10.9. The van der Waals surface area contributed by atoms with Gasteiger partial charge in [0.1, 0.15) is 0 Å². The molecular weight excluding hydrogens is 398 g/mol. The maximum Gasteiger partial charge on any atom is 0.293 e. The second kappa shape index (κ2) is 9.26. The molecule has 0 aliphatic carbocycles. The van der Waals surface area contributed by atoms with Gasteiger partial charge < -0.3 is 4.90 Å². The maximum absolute atomic E-state index is 13.0. The SMILES string of the molecule is O=C1S/C(=C\c2ccccc2)C(=O)N1CCC(=O)N1CCCC[C@H]1c1cccnc1. The van der Waals surface area contributed by atoms with Crippen molar-refractivity contribution in [2.75, 3.05) is 13.1 Å². The molecule has 30 heavy (non-hydrogen) atoms. The second-order valence-electron chi connectivity index (χ2n) is 7.38. The summed E-state index contributed by atoms with van der Waals surface area (Å²) in [5.74, 6) is -0.362. The van der Waals surface area contributed by atoms with Gasteiger partial charge >= 0.3 is 0 Å². The van der Waals surface area contributed by atoms with Crippen molar-refractivity contribution >= 4 is 34.9 Å². The van der Waals surface area contributed by atoms with Gasteiger partial charge in [0, 0.05) is 31.9 Å². The summed E-state index contributed by atoms with van der Waals surface area (Å²) < 4.78 is 0. The minimum absolute atomic E-state index is 0.00726. The van der Waals surface area contributed by atoms with E-state index in [0.29, 0.717) is 11.4 Å². The topological polar surface area (TPSA) is 70.6 Å². The Bertz CT molecular complexity index is 962. The Labute approximate surface area is 180 Å². The number of rotatable bonds is 5. The van der Waals surface area contributed by atoms with Crippen molar-refractivity contribution in [2.45, 2.75) is 31.7 Å². The smallest absolute Gasteiger partial charge is 0.293 e. The molecule has 2 saturated heterocycles. The minimum atomic E-state index is -0.330. The lowest BCUT2D eigenvalue weighted by Crippen LogP contribution is -2.40. The molecule has 154 valence electrons. The molecule has 2 aromatic rings. The van der Waals surface area contributed by atoms with Gasteiger partial charge in [-0.3, -0.25) is 24.3 Å². The predicted molar refractivity (Wildman–Crippen MR) is 116 cm³/mol. The Morgan fingerprint density at radius 1 is 1.13 bits per heavy atom. The summed E-state index contributed by atoms with van der Waals surface area (Å²) in [6.45, 7) is 0.792. The lowest BCUT2D eigenvalue weighted by molar-refractivity contribution is -0.135. The molecule has 4 rings (SSSR count). The van der Waals surface area contributed by atoms with Crippen molar-refractivity contribution in [2.24, 2.45) is 0 Å². The highest BCUT2D eigenvalue weighted by Gasteiger charge is 2.36. The number of hydrogen-bond donors (Lipinski definition) is 0. The van der Waals surface area contributed by atoms with Crippen molar-refractivity contribution in [3.63, 3.8) is 0 Å². The molecule has 1 aromatic heterocycles. The number of nitrogens with zero attached hydrogens (tertiary/aromatic N) is 3. The number of aromatic nitrogens is 1. The van der Waals surface area contributed by atoms with Crippen LogP contribution in [-0.2, 0) is 9.59 Å². The van der Waals surface area contributed by atoms with Crippen molar-refractivity contribution in [3.8, 4) is 0 Å². The fourth-order valence-electron chi connectivity index (χ4n) is 3.89. The number of likely N-dealkylation sites (tertiary alicyclic amines) is 1. The highest BCUT2D eigenvalue weighted by atomic mass is 32.2. The van der Waals surface area contributed by atoms with E-state index >= 15 is 0 Å². The van der Waals surface area contributed by atoms with Crippen molar-refractivity contribution < 1.29 is 14.4 Å². The molecule has 7 heteroatoms.